The molecule has 0 radical (unpaired) electrons. The fraction of sp³-hybridized carbons (Fsp3) is 0.667. The van der Waals surface area contributed by atoms with Gasteiger partial charge in [0.25, 0.3) is 0 Å². The van der Waals surface area contributed by atoms with Crippen LogP contribution in [-0.2, 0) is 14.8 Å². The molecule has 0 saturated heterocycles. The molecule has 0 aliphatic carbocycles. The third-order valence-electron chi connectivity index (χ3n) is 1.41. The molecule has 8 heteroatoms. The maximum atomic E-state index is 11.1. The van der Waals surface area contributed by atoms with E-state index >= 15 is 0 Å². The van der Waals surface area contributed by atoms with E-state index in [4.69, 9.17) is 15.5 Å². The molecule has 0 fully saturated rings. The molecule has 0 aromatic rings. The Balaban J connectivity index is 4.29. The van der Waals surface area contributed by atoms with Crippen molar-refractivity contribution in [2.75, 3.05) is 6.54 Å². The number of aliphatic carboxylic acids is 1. The van der Waals surface area contributed by atoms with Crippen LogP contribution in [0.1, 0.15) is 6.92 Å². The molecule has 14 heavy (non-hydrogen) atoms. The van der Waals surface area contributed by atoms with Crippen molar-refractivity contribution in [1.82, 2.24) is 4.72 Å². The number of nitrogens with zero attached hydrogens (tertiary/aromatic N) is 1. The van der Waals surface area contributed by atoms with E-state index in [9.17, 15) is 13.2 Å². The number of aliphatic hydroxyl groups is 1. The first-order valence-corrected chi connectivity index (χ1v) is 5.15. The third-order valence-corrected chi connectivity index (χ3v) is 3.02. The third kappa shape index (κ3) is 3.69. The van der Waals surface area contributed by atoms with Crippen LogP contribution in [0.5, 0.6) is 0 Å². The summed E-state index contributed by atoms with van der Waals surface area (Å²) in [5.74, 6) is -1.53. The highest BCUT2D eigenvalue weighted by atomic mass is 32.2. The lowest BCUT2D eigenvalue weighted by Crippen LogP contribution is -2.39. The maximum Gasteiger partial charge on any atom is 0.333 e. The van der Waals surface area contributed by atoms with Crippen molar-refractivity contribution >= 4 is 16.0 Å². The molecule has 0 aromatic carbocycles. The minimum Gasteiger partial charge on any atom is -0.479 e. The summed E-state index contributed by atoms with van der Waals surface area (Å²) in [5.41, 5.74) is 0. The number of sulfonamides is 1. The van der Waals surface area contributed by atoms with E-state index in [0.717, 1.165) is 6.92 Å². The summed E-state index contributed by atoms with van der Waals surface area (Å²) in [4.78, 5) is 10.1. The molecule has 0 rings (SSSR count). The number of carbonyl (C=O) groups is 1. The second-order valence-corrected chi connectivity index (χ2v) is 4.60. The van der Waals surface area contributed by atoms with Crippen molar-refractivity contribution in [1.29, 1.82) is 5.26 Å². The van der Waals surface area contributed by atoms with Gasteiger partial charge in [0.05, 0.1) is 6.07 Å². The monoisotopic (exact) mass is 222 g/mol. The first kappa shape index (κ1) is 12.8. The van der Waals surface area contributed by atoms with Crippen molar-refractivity contribution in [2.45, 2.75) is 18.3 Å². The second kappa shape index (κ2) is 4.90. The number of nitrogens with one attached hydrogen (secondary N) is 1. The van der Waals surface area contributed by atoms with Gasteiger partial charge in [0.2, 0.25) is 10.0 Å². The van der Waals surface area contributed by atoms with E-state index in [0.29, 0.717) is 0 Å². The van der Waals surface area contributed by atoms with Crippen molar-refractivity contribution in [3.8, 4) is 6.07 Å². The lowest BCUT2D eigenvalue weighted by molar-refractivity contribution is -0.146. The normalized spacial score (nSPS) is 15.5. The number of hydrogen-bond acceptors (Lipinski definition) is 5. The summed E-state index contributed by atoms with van der Waals surface area (Å²) in [5, 5.41) is 24.0. The molecule has 7 nitrogen and oxygen atoms in total. The Bertz CT molecular complexity index is 344. The van der Waals surface area contributed by atoms with E-state index < -0.39 is 33.9 Å². The van der Waals surface area contributed by atoms with E-state index in [2.05, 4.69) is 0 Å². The Labute approximate surface area is 81.0 Å². The zero-order valence-corrected chi connectivity index (χ0v) is 8.15. The van der Waals surface area contributed by atoms with Gasteiger partial charge in [0.1, 0.15) is 0 Å². The second-order valence-electron chi connectivity index (χ2n) is 2.52. The summed E-state index contributed by atoms with van der Waals surface area (Å²) in [6.45, 7) is 0.499. The predicted octanol–water partition coefficient (Wildman–Crippen LogP) is -1.74. The molecular formula is C6H10N2O5S. The molecule has 2 atom stereocenters. The van der Waals surface area contributed by atoms with E-state index in [1.165, 1.54) is 6.07 Å². The highest BCUT2D eigenvalue weighted by molar-refractivity contribution is 7.90. The smallest absolute Gasteiger partial charge is 0.333 e. The SMILES string of the molecule is CC(C#N)S(=O)(=O)NC[C@H](O)C(=O)O. The van der Waals surface area contributed by atoms with Crippen molar-refractivity contribution in [3.63, 3.8) is 0 Å². The molecule has 0 aliphatic heterocycles. The van der Waals surface area contributed by atoms with Crippen LogP contribution in [0.15, 0.2) is 0 Å². The minimum absolute atomic E-state index is 0.649. The average Bonchev–Trinajstić information content (AvgIpc) is 2.12. The van der Waals surface area contributed by atoms with Crippen LogP contribution in [-0.4, -0.2) is 42.5 Å². The average molecular weight is 222 g/mol. The predicted molar refractivity (Wildman–Crippen MR) is 45.6 cm³/mol. The van der Waals surface area contributed by atoms with Crippen molar-refractivity contribution < 1.29 is 23.4 Å². The van der Waals surface area contributed by atoms with Gasteiger partial charge in [-0.05, 0) is 6.92 Å². The Morgan fingerprint density at radius 1 is 1.64 bits per heavy atom. The summed E-state index contributed by atoms with van der Waals surface area (Å²) in [7, 11) is -3.87. The number of nitriles is 1. The molecule has 0 aromatic heterocycles. The highest BCUT2D eigenvalue weighted by Crippen LogP contribution is 1.96. The van der Waals surface area contributed by atoms with Crippen molar-refractivity contribution in [2.24, 2.45) is 0 Å². The maximum absolute atomic E-state index is 11.1. The first-order valence-electron chi connectivity index (χ1n) is 3.60. The zero-order chi connectivity index (χ0) is 11.4. The number of carboxylic acids is 1. The molecule has 80 valence electrons. The first-order chi connectivity index (χ1) is 6.31. The van der Waals surface area contributed by atoms with E-state index in [1.54, 1.807) is 0 Å². The molecule has 0 heterocycles. The Hall–Kier alpha value is -1.17. The fourth-order valence-corrected chi connectivity index (χ4v) is 1.26. The molecular weight excluding hydrogens is 212 g/mol. The van der Waals surface area contributed by atoms with Crippen LogP contribution < -0.4 is 4.72 Å². The van der Waals surface area contributed by atoms with Gasteiger partial charge in [-0.3, -0.25) is 0 Å². The Kier molecular flexibility index (Phi) is 4.49. The van der Waals surface area contributed by atoms with Gasteiger partial charge in [-0.25, -0.2) is 17.9 Å². The van der Waals surface area contributed by atoms with Gasteiger partial charge in [-0.15, -0.1) is 0 Å². The molecule has 1 unspecified atom stereocenters. The van der Waals surface area contributed by atoms with Crippen molar-refractivity contribution in [3.05, 3.63) is 0 Å². The van der Waals surface area contributed by atoms with E-state index in [1.807, 2.05) is 4.72 Å². The minimum atomic E-state index is -3.87. The summed E-state index contributed by atoms with van der Waals surface area (Å²) < 4.78 is 23.9. The molecule has 0 amide bonds. The quantitative estimate of drug-likeness (QED) is 0.506. The van der Waals surface area contributed by atoms with Crippen LogP contribution in [0.25, 0.3) is 0 Å². The lowest BCUT2D eigenvalue weighted by atomic mass is 10.4. The largest absolute Gasteiger partial charge is 0.479 e. The van der Waals surface area contributed by atoms with Gasteiger partial charge in [0, 0.05) is 6.54 Å². The van der Waals surface area contributed by atoms with Gasteiger partial charge in [-0.2, -0.15) is 5.26 Å². The van der Waals surface area contributed by atoms with Gasteiger partial charge in [-0.1, -0.05) is 0 Å². The van der Waals surface area contributed by atoms with Crippen LogP contribution in [0.4, 0.5) is 0 Å². The summed E-state index contributed by atoms with van der Waals surface area (Å²) >= 11 is 0. The van der Waals surface area contributed by atoms with Crippen LogP contribution in [0.3, 0.4) is 0 Å². The molecule has 0 spiro atoms. The highest BCUT2D eigenvalue weighted by Gasteiger charge is 2.22. The topological polar surface area (TPSA) is 127 Å². The Morgan fingerprint density at radius 3 is 2.50 bits per heavy atom. The standard InChI is InChI=1S/C6H10N2O5S/c1-4(2-7)14(12,13)8-3-5(9)6(10)11/h4-5,8-9H,3H2,1H3,(H,10,11)/t4?,5-/m0/s1. The number of rotatable bonds is 5. The lowest BCUT2D eigenvalue weighted by Gasteiger charge is -2.09. The van der Waals surface area contributed by atoms with Gasteiger partial charge >= 0.3 is 5.97 Å². The van der Waals surface area contributed by atoms with E-state index in [-0.39, 0.29) is 0 Å². The number of hydrogen-bond donors (Lipinski definition) is 3. The van der Waals surface area contributed by atoms with Crippen LogP contribution in [0, 0.1) is 11.3 Å². The molecule has 0 aliphatic rings. The van der Waals surface area contributed by atoms with Gasteiger partial charge in [0.15, 0.2) is 11.4 Å². The number of aliphatic hydroxyl groups excluding tert-OH is 1. The van der Waals surface area contributed by atoms with Crippen LogP contribution >= 0.6 is 0 Å². The Morgan fingerprint density at radius 2 is 2.14 bits per heavy atom. The molecule has 3 N–H and O–H groups in total. The number of carboxylic acid groups (broad SMARTS) is 1. The molecule has 0 saturated carbocycles. The molecule has 0 bridgehead atoms. The fourth-order valence-electron chi connectivity index (χ4n) is 0.477. The summed E-state index contributed by atoms with van der Waals surface area (Å²) in [6, 6.07) is 1.48. The van der Waals surface area contributed by atoms with Crippen LogP contribution in [0.2, 0.25) is 0 Å². The summed E-state index contributed by atoms with van der Waals surface area (Å²) in [6.07, 6.45) is -1.81. The zero-order valence-electron chi connectivity index (χ0n) is 7.34. The van der Waals surface area contributed by atoms with Gasteiger partial charge < -0.3 is 10.2 Å².